The molecule has 6 heteroatoms. The van der Waals surface area contributed by atoms with Gasteiger partial charge >= 0.3 is 6.18 Å². The van der Waals surface area contributed by atoms with Gasteiger partial charge in [0.15, 0.2) is 0 Å². The number of anilines is 1. The van der Waals surface area contributed by atoms with E-state index in [1.807, 2.05) is 0 Å². The zero-order valence-corrected chi connectivity index (χ0v) is 9.11. The van der Waals surface area contributed by atoms with Crippen LogP contribution in [0.25, 0.3) is 0 Å². The normalized spacial score (nSPS) is 11.3. The average Bonchev–Trinajstić information content (AvgIpc) is 2.31. The molecule has 0 bridgehead atoms. The molecule has 2 aromatic rings. The lowest BCUT2D eigenvalue weighted by Crippen LogP contribution is -2.08. The van der Waals surface area contributed by atoms with Crippen LogP contribution in [0.4, 0.5) is 18.9 Å². The van der Waals surface area contributed by atoms with Crippen LogP contribution in [-0.4, -0.2) is 4.98 Å². The number of nitrogens with two attached hydrogens (primary N) is 1. The highest BCUT2D eigenvalue weighted by Gasteiger charge is 2.34. The number of alkyl halides is 3. The molecule has 1 heterocycles. The highest BCUT2D eigenvalue weighted by Crippen LogP contribution is 2.38. The fourth-order valence-electron chi connectivity index (χ4n) is 1.39. The molecule has 2 N–H and O–H groups in total. The maximum Gasteiger partial charge on any atom is 0.420 e. The molecule has 0 fully saturated rings. The van der Waals surface area contributed by atoms with Crippen molar-refractivity contribution in [2.75, 3.05) is 5.73 Å². The Morgan fingerprint density at radius 2 is 1.94 bits per heavy atom. The van der Waals surface area contributed by atoms with Crippen LogP contribution in [0.3, 0.4) is 0 Å². The van der Waals surface area contributed by atoms with Crippen molar-refractivity contribution in [3.05, 3.63) is 48.3 Å². The maximum absolute atomic E-state index is 12.8. The Morgan fingerprint density at radius 1 is 1.17 bits per heavy atom. The van der Waals surface area contributed by atoms with Gasteiger partial charge in [0.1, 0.15) is 17.1 Å². The fourth-order valence-corrected chi connectivity index (χ4v) is 1.39. The SMILES string of the molecule is Nc1ccc(Oc2cccnc2)c(C(F)(F)F)c1. The average molecular weight is 254 g/mol. The first-order chi connectivity index (χ1) is 8.47. The lowest BCUT2D eigenvalue weighted by Gasteiger charge is -2.13. The van der Waals surface area contributed by atoms with Gasteiger partial charge in [0.2, 0.25) is 0 Å². The minimum Gasteiger partial charge on any atom is -0.455 e. The second-order valence-corrected chi connectivity index (χ2v) is 3.54. The maximum atomic E-state index is 12.8. The molecule has 0 aliphatic carbocycles. The van der Waals surface area contributed by atoms with Gasteiger partial charge in [-0.1, -0.05) is 0 Å². The van der Waals surface area contributed by atoms with E-state index in [0.717, 1.165) is 6.07 Å². The third kappa shape index (κ3) is 2.71. The van der Waals surface area contributed by atoms with Crippen molar-refractivity contribution >= 4 is 5.69 Å². The molecule has 0 radical (unpaired) electrons. The Kier molecular flexibility index (Phi) is 3.10. The van der Waals surface area contributed by atoms with Gasteiger partial charge in [-0.2, -0.15) is 13.2 Å². The van der Waals surface area contributed by atoms with Gasteiger partial charge in [0.25, 0.3) is 0 Å². The number of aromatic nitrogens is 1. The molecule has 0 saturated heterocycles. The first kappa shape index (κ1) is 12.2. The number of rotatable bonds is 2. The van der Waals surface area contributed by atoms with Crippen molar-refractivity contribution in [3.63, 3.8) is 0 Å². The molecule has 94 valence electrons. The minimum atomic E-state index is -4.52. The molecule has 0 saturated carbocycles. The lowest BCUT2D eigenvalue weighted by molar-refractivity contribution is -0.138. The summed E-state index contributed by atoms with van der Waals surface area (Å²) in [4.78, 5) is 3.76. The van der Waals surface area contributed by atoms with E-state index in [4.69, 9.17) is 10.5 Å². The van der Waals surface area contributed by atoms with Crippen molar-refractivity contribution in [2.24, 2.45) is 0 Å². The number of hydrogen-bond acceptors (Lipinski definition) is 3. The Hall–Kier alpha value is -2.24. The number of nitrogen functional groups attached to an aromatic ring is 1. The van der Waals surface area contributed by atoms with Crippen molar-refractivity contribution in [2.45, 2.75) is 6.18 Å². The standard InChI is InChI=1S/C12H9F3N2O/c13-12(14,15)10-6-8(16)3-4-11(10)18-9-2-1-5-17-7-9/h1-7H,16H2. The molecular formula is C12H9F3N2O. The third-order valence-corrected chi connectivity index (χ3v) is 2.17. The topological polar surface area (TPSA) is 48.1 Å². The molecule has 2 rings (SSSR count). The van der Waals surface area contributed by atoms with E-state index >= 15 is 0 Å². The summed E-state index contributed by atoms with van der Waals surface area (Å²) < 4.78 is 43.5. The molecule has 0 aliphatic rings. The lowest BCUT2D eigenvalue weighted by atomic mass is 10.1. The summed E-state index contributed by atoms with van der Waals surface area (Å²) in [6.45, 7) is 0. The van der Waals surface area contributed by atoms with Crippen LogP contribution >= 0.6 is 0 Å². The van der Waals surface area contributed by atoms with Gasteiger partial charge in [-0.25, -0.2) is 0 Å². The number of hydrogen-bond donors (Lipinski definition) is 1. The van der Waals surface area contributed by atoms with E-state index in [1.54, 1.807) is 6.07 Å². The first-order valence-corrected chi connectivity index (χ1v) is 5.01. The third-order valence-electron chi connectivity index (χ3n) is 2.17. The highest BCUT2D eigenvalue weighted by atomic mass is 19.4. The van der Waals surface area contributed by atoms with Crippen molar-refractivity contribution in [1.29, 1.82) is 0 Å². The highest BCUT2D eigenvalue weighted by molar-refractivity contribution is 5.50. The Bertz CT molecular complexity index is 541. The van der Waals surface area contributed by atoms with Gasteiger partial charge < -0.3 is 10.5 Å². The predicted molar refractivity (Wildman–Crippen MR) is 60.2 cm³/mol. The summed E-state index contributed by atoms with van der Waals surface area (Å²) >= 11 is 0. The summed E-state index contributed by atoms with van der Waals surface area (Å²) in [6.07, 6.45) is -1.69. The second kappa shape index (κ2) is 4.56. The number of halogens is 3. The molecule has 3 nitrogen and oxygen atoms in total. The van der Waals surface area contributed by atoms with E-state index in [0.29, 0.717) is 0 Å². The largest absolute Gasteiger partial charge is 0.455 e. The Labute approximate surface area is 101 Å². The van der Waals surface area contributed by atoms with E-state index < -0.39 is 11.7 Å². The number of pyridine rings is 1. The van der Waals surface area contributed by atoms with E-state index in [-0.39, 0.29) is 17.2 Å². The summed E-state index contributed by atoms with van der Waals surface area (Å²) in [5.41, 5.74) is 4.47. The number of ether oxygens (including phenoxy) is 1. The van der Waals surface area contributed by atoms with Gasteiger partial charge in [-0.05, 0) is 30.3 Å². The Balaban J connectivity index is 2.39. The smallest absolute Gasteiger partial charge is 0.420 e. The van der Waals surface area contributed by atoms with Crippen molar-refractivity contribution in [3.8, 4) is 11.5 Å². The van der Waals surface area contributed by atoms with E-state index in [2.05, 4.69) is 4.98 Å². The van der Waals surface area contributed by atoms with Crippen LogP contribution in [-0.2, 0) is 6.18 Å². The van der Waals surface area contributed by atoms with E-state index in [9.17, 15) is 13.2 Å². The minimum absolute atomic E-state index is 0.0286. The molecule has 0 atom stereocenters. The van der Waals surface area contributed by atoms with Gasteiger partial charge in [-0.3, -0.25) is 4.98 Å². The molecule has 1 aromatic carbocycles. The number of nitrogens with zero attached hydrogens (tertiary/aromatic N) is 1. The zero-order chi connectivity index (χ0) is 13.2. The van der Waals surface area contributed by atoms with Crippen molar-refractivity contribution < 1.29 is 17.9 Å². The van der Waals surface area contributed by atoms with Gasteiger partial charge in [-0.15, -0.1) is 0 Å². The van der Waals surface area contributed by atoms with Crippen LogP contribution in [0.1, 0.15) is 5.56 Å². The van der Waals surface area contributed by atoms with Crippen LogP contribution in [0.2, 0.25) is 0 Å². The van der Waals surface area contributed by atoms with Crippen molar-refractivity contribution in [1.82, 2.24) is 4.98 Å². The quantitative estimate of drug-likeness (QED) is 0.834. The molecular weight excluding hydrogens is 245 g/mol. The van der Waals surface area contributed by atoms with Crippen LogP contribution < -0.4 is 10.5 Å². The van der Waals surface area contributed by atoms with Gasteiger partial charge in [0.05, 0.1) is 6.20 Å². The summed E-state index contributed by atoms with van der Waals surface area (Å²) in [5.74, 6) is -0.0718. The van der Waals surface area contributed by atoms with Crippen LogP contribution in [0.15, 0.2) is 42.7 Å². The molecule has 0 spiro atoms. The molecule has 1 aromatic heterocycles. The van der Waals surface area contributed by atoms with E-state index in [1.165, 1.54) is 30.6 Å². The molecule has 0 unspecified atom stereocenters. The molecule has 0 amide bonds. The molecule has 18 heavy (non-hydrogen) atoms. The van der Waals surface area contributed by atoms with Gasteiger partial charge in [0, 0.05) is 11.9 Å². The number of benzene rings is 1. The predicted octanol–water partition coefficient (Wildman–Crippen LogP) is 3.47. The summed E-state index contributed by atoms with van der Waals surface area (Å²) in [7, 11) is 0. The fraction of sp³-hybridized carbons (Fsp3) is 0.0833. The Morgan fingerprint density at radius 3 is 2.56 bits per heavy atom. The first-order valence-electron chi connectivity index (χ1n) is 5.01. The zero-order valence-electron chi connectivity index (χ0n) is 9.11. The van der Waals surface area contributed by atoms with Crippen LogP contribution in [0, 0.1) is 0 Å². The second-order valence-electron chi connectivity index (χ2n) is 3.54. The summed E-state index contributed by atoms with van der Waals surface area (Å²) in [5, 5.41) is 0. The molecule has 0 aliphatic heterocycles. The monoisotopic (exact) mass is 254 g/mol. The summed E-state index contributed by atoms with van der Waals surface area (Å²) in [6, 6.07) is 6.46. The van der Waals surface area contributed by atoms with Crippen LogP contribution in [0.5, 0.6) is 11.5 Å².